The van der Waals surface area contributed by atoms with Crippen LogP contribution in [0.3, 0.4) is 0 Å². The van der Waals surface area contributed by atoms with Gasteiger partial charge in [-0.2, -0.15) is 0 Å². The molecular formula is C75H146O17P2. The molecule has 0 bridgehead atoms. The van der Waals surface area contributed by atoms with E-state index >= 15 is 0 Å². The van der Waals surface area contributed by atoms with Gasteiger partial charge in [0, 0.05) is 25.7 Å². The number of aliphatic hydroxyl groups excluding tert-OH is 1. The van der Waals surface area contributed by atoms with E-state index < -0.39 is 97.5 Å². The molecule has 3 unspecified atom stereocenters. The van der Waals surface area contributed by atoms with Crippen LogP contribution in [0, 0.1) is 11.8 Å². The zero-order valence-corrected chi connectivity index (χ0v) is 63.1. The van der Waals surface area contributed by atoms with E-state index in [0.29, 0.717) is 25.7 Å². The average Bonchev–Trinajstić information content (AvgIpc) is 1.33. The summed E-state index contributed by atoms with van der Waals surface area (Å²) >= 11 is 0. The van der Waals surface area contributed by atoms with Crippen molar-refractivity contribution < 1.29 is 80.2 Å². The van der Waals surface area contributed by atoms with Crippen molar-refractivity contribution in [2.45, 2.75) is 407 Å². The second-order valence-corrected chi connectivity index (χ2v) is 30.7. The lowest BCUT2D eigenvalue weighted by Gasteiger charge is -2.21. The largest absolute Gasteiger partial charge is 0.472 e. The van der Waals surface area contributed by atoms with Crippen LogP contribution < -0.4 is 0 Å². The van der Waals surface area contributed by atoms with Gasteiger partial charge in [-0.1, -0.05) is 337 Å². The van der Waals surface area contributed by atoms with Crippen molar-refractivity contribution in [1.82, 2.24) is 0 Å². The molecule has 558 valence electrons. The molecule has 0 rings (SSSR count). The van der Waals surface area contributed by atoms with Gasteiger partial charge in [0.05, 0.1) is 26.4 Å². The summed E-state index contributed by atoms with van der Waals surface area (Å²) in [4.78, 5) is 72.7. The third-order valence-electron chi connectivity index (χ3n) is 17.8. The minimum Gasteiger partial charge on any atom is -0.462 e. The minimum absolute atomic E-state index is 0.105. The highest BCUT2D eigenvalue weighted by Gasteiger charge is 2.30. The molecule has 0 spiro atoms. The van der Waals surface area contributed by atoms with Crippen LogP contribution >= 0.6 is 15.6 Å². The summed E-state index contributed by atoms with van der Waals surface area (Å²) in [5.74, 6) is -0.573. The lowest BCUT2D eigenvalue weighted by atomic mass is 9.99. The van der Waals surface area contributed by atoms with Gasteiger partial charge in [-0.25, -0.2) is 9.13 Å². The fourth-order valence-electron chi connectivity index (χ4n) is 11.4. The van der Waals surface area contributed by atoms with Gasteiger partial charge in [0.25, 0.3) is 0 Å². The van der Waals surface area contributed by atoms with E-state index in [1.807, 2.05) is 0 Å². The second-order valence-electron chi connectivity index (χ2n) is 27.8. The lowest BCUT2D eigenvalue weighted by Crippen LogP contribution is -2.30. The Kier molecular flexibility index (Phi) is 65.5. The molecule has 94 heavy (non-hydrogen) atoms. The Morgan fingerprint density at radius 1 is 0.309 bits per heavy atom. The Hall–Kier alpha value is -1.94. The molecule has 0 heterocycles. The van der Waals surface area contributed by atoms with Gasteiger partial charge in [-0.05, 0) is 37.5 Å². The van der Waals surface area contributed by atoms with Gasteiger partial charge < -0.3 is 33.8 Å². The summed E-state index contributed by atoms with van der Waals surface area (Å²) < 4.78 is 68.4. The number of phosphoric ester groups is 2. The van der Waals surface area contributed by atoms with Gasteiger partial charge in [-0.3, -0.25) is 37.3 Å². The Labute approximate surface area is 575 Å². The molecule has 3 N–H and O–H groups in total. The standard InChI is InChI=1S/C75H146O17P2/c1-7-10-12-14-16-18-19-20-21-22-23-24-25-26-27-35-41-47-53-59-74(79)91-71(64-86-73(78)58-52-46-40-34-29-28-33-38-44-50-56-68(6)9-3)66-90-94(83,84)88-62-69(76)61-87-93(81,82)89-65-70(63-85-72(77)57-51-45-39-31-17-15-13-11-8-2)92-75(80)60-54-48-42-36-30-32-37-43-49-55-67(4)5/h67-71,76H,7-66H2,1-6H3,(H,81,82)(H,83,84)/t68?,69-,70+,71+/m0/s1. The molecule has 6 atom stereocenters. The summed E-state index contributed by atoms with van der Waals surface area (Å²) in [7, 11) is -9.91. The molecule has 0 amide bonds. The molecular weight excluding hydrogens is 1230 g/mol. The number of hydrogen-bond acceptors (Lipinski definition) is 15. The molecule has 0 saturated heterocycles. The maximum absolute atomic E-state index is 13.1. The minimum atomic E-state index is -4.96. The van der Waals surface area contributed by atoms with E-state index in [-0.39, 0.29) is 25.7 Å². The van der Waals surface area contributed by atoms with Gasteiger partial charge in [0.15, 0.2) is 12.2 Å². The lowest BCUT2D eigenvalue weighted by molar-refractivity contribution is -0.161. The molecule has 0 radical (unpaired) electrons. The van der Waals surface area contributed by atoms with Crippen LogP contribution in [0.5, 0.6) is 0 Å². The maximum Gasteiger partial charge on any atom is 0.472 e. The van der Waals surface area contributed by atoms with E-state index in [4.69, 9.17) is 37.0 Å². The normalized spacial score (nSPS) is 14.3. The number of phosphoric acid groups is 2. The molecule has 0 saturated carbocycles. The van der Waals surface area contributed by atoms with Crippen molar-refractivity contribution in [3.8, 4) is 0 Å². The van der Waals surface area contributed by atoms with Gasteiger partial charge in [0.1, 0.15) is 19.3 Å². The number of hydrogen-bond donors (Lipinski definition) is 3. The van der Waals surface area contributed by atoms with Crippen molar-refractivity contribution in [3.05, 3.63) is 0 Å². The van der Waals surface area contributed by atoms with E-state index in [2.05, 4.69) is 41.5 Å². The van der Waals surface area contributed by atoms with E-state index in [1.54, 1.807) is 0 Å². The topological polar surface area (TPSA) is 237 Å². The SMILES string of the molecule is CCCCCCCCCCCCCCCCCCCCCC(=O)O[C@H](COC(=O)CCCCCCCCCCCCC(C)CC)COP(=O)(O)OC[C@@H](O)COP(=O)(O)OC[C@@H](COC(=O)CCCCCCCCCCC)OC(=O)CCCCCCCCCCCC(C)C. The highest BCUT2D eigenvalue weighted by atomic mass is 31.2. The van der Waals surface area contributed by atoms with Crippen LogP contribution in [0.4, 0.5) is 0 Å². The molecule has 0 fully saturated rings. The van der Waals surface area contributed by atoms with Gasteiger partial charge >= 0.3 is 39.5 Å². The predicted octanol–water partition coefficient (Wildman–Crippen LogP) is 21.9. The summed E-state index contributed by atoms with van der Waals surface area (Å²) in [6, 6.07) is 0. The summed E-state index contributed by atoms with van der Waals surface area (Å²) in [6.45, 7) is 9.58. The van der Waals surface area contributed by atoms with Crippen LogP contribution in [0.2, 0.25) is 0 Å². The first-order chi connectivity index (χ1) is 45.4. The first-order valence-corrected chi connectivity index (χ1v) is 42.0. The zero-order valence-electron chi connectivity index (χ0n) is 61.3. The Morgan fingerprint density at radius 2 is 0.543 bits per heavy atom. The Bertz CT molecular complexity index is 1820. The smallest absolute Gasteiger partial charge is 0.462 e. The molecule has 0 aliphatic rings. The quantitative estimate of drug-likeness (QED) is 0.0222. The van der Waals surface area contributed by atoms with Crippen LogP contribution in [0.1, 0.15) is 388 Å². The third kappa shape index (κ3) is 67.3. The third-order valence-corrected chi connectivity index (χ3v) is 19.7. The fourth-order valence-corrected chi connectivity index (χ4v) is 13.0. The predicted molar refractivity (Wildman–Crippen MR) is 381 cm³/mol. The second kappa shape index (κ2) is 66.9. The molecule has 0 aromatic heterocycles. The van der Waals surface area contributed by atoms with Crippen molar-refractivity contribution >= 4 is 39.5 Å². The highest BCUT2D eigenvalue weighted by molar-refractivity contribution is 7.47. The Morgan fingerprint density at radius 3 is 0.809 bits per heavy atom. The fraction of sp³-hybridized carbons (Fsp3) is 0.947. The first-order valence-electron chi connectivity index (χ1n) is 39.0. The number of esters is 4. The summed E-state index contributed by atoms with van der Waals surface area (Å²) in [5, 5.41) is 10.6. The summed E-state index contributed by atoms with van der Waals surface area (Å²) in [5.41, 5.74) is 0. The van der Waals surface area contributed by atoms with Crippen molar-refractivity contribution in [2.75, 3.05) is 39.6 Å². The molecule has 0 aromatic carbocycles. The number of rotatable bonds is 74. The maximum atomic E-state index is 13.1. The zero-order chi connectivity index (χ0) is 69.3. The molecule has 19 heteroatoms. The van der Waals surface area contributed by atoms with Crippen LogP contribution in [-0.2, 0) is 65.4 Å². The number of ether oxygens (including phenoxy) is 4. The van der Waals surface area contributed by atoms with Gasteiger partial charge in [-0.15, -0.1) is 0 Å². The molecule has 0 aromatic rings. The first kappa shape index (κ1) is 92.1. The number of aliphatic hydroxyl groups is 1. The van der Waals surface area contributed by atoms with Crippen molar-refractivity contribution in [1.29, 1.82) is 0 Å². The summed E-state index contributed by atoms with van der Waals surface area (Å²) in [6.07, 6.45) is 54.1. The van der Waals surface area contributed by atoms with E-state index in [1.165, 1.54) is 205 Å². The van der Waals surface area contributed by atoms with Crippen molar-refractivity contribution in [3.63, 3.8) is 0 Å². The molecule has 17 nitrogen and oxygen atoms in total. The molecule has 0 aliphatic carbocycles. The van der Waals surface area contributed by atoms with Crippen LogP contribution in [0.15, 0.2) is 0 Å². The highest BCUT2D eigenvalue weighted by Crippen LogP contribution is 2.45. The van der Waals surface area contributed by atoms with Gasteiger partial charge in [0.2, 0.25) is 0 Å². The number of carbonyl (C=O) groups excluding carboxylic acids is 4. The van der Waals surface area contributed by atoms with E-state index in [0.717, 1.165) is 102 Å². The van der Waals surface area contributed by atoms with Crippen LogP contribution in [-0.4, -0.2) is 96.7 Å². The van der Waals surface area contributed by atoms with Crippen LogP contribution in [0.25, 0.3) is 0 Å². The molecule has 0 aliphatic heterocycles. The monoisotopic (exact) mass is 1380 g/mol. The number of unbranched alkanes of at least 4 members (excludes halogenated alkanes) is 43. The number of carbonyl (C=O) groups is 4. The average molecular weight is 1380 g/mol. The van der Waals surface area contributed by atoms with Crippen molar-refractivity contribution in [2.24, 2.45) is 11.8 Å². The Balaban J connectivity index is 5.22. The van der Waals surface area contributed by atoms with E-state index in [9.17, 15) is 43.2 Å².